The van der Waals surface area contributed by atoms with Crippen molar-refractivity contribution in [1.82, 2.24) is 4.98 Å². The topological polar surface area (TPSA) is 12.9 Å². The molecule has 1 spiro atoms. The molecule has 1 heterocycles. The number of nitrogens with zero attached hydrogens (tertiary/aromatic N) is 1. The molecule has 4 aromatic rings. The van der Waals surface area contributed by atoms with Crippen molar-refractivity contribution >= 4 is 0 Å². The SMILES string of the molecule is CCCCCCCCc1cc(C)cc(-c2ccc(-c3ccc4c(c3)C3CCCC5CC53c3ccccc3-4)nc2)c1. The smallest absolute Gasteiger partial charge is 0.0702 e. The van der Waals surface area contributed by atoms with Gasteiger partial charge in [-0.25, -0.2) is 0 Å². The molecule has 2 fully saturated rings. The molecule has 3 aromatic carbocycles. The first kappa shape index (κ1) is 25.8. The minimum atomic E-state index is 0.399. The van der Waals surface area contributed by atoms with Crippen LogP contribution in [0.25, 0.3) is 33.5 Å². The molecule has 204 valence electrons. The summed E-state index contributed by atoms with van der Waals surface area (Å²) in [6.07, 6.45) is 16.8. The largest absolute Gasteiger partial charge is 0.256 e. The molecule has 3 atom stereocenters. The number of hydrogen-bond acceptors (Lipinski definition) is 1. The lowest BCUT2D eigenvalue weighted by atomic mass is 9.64. The number of fused-ring (bicyclic) bond motifs is 4. The Labute approximate surface area is 241 Å². The third-order valence-corrected chi connectivity index (χ3v) is 10.3. The van der Waals surface area contributed by atoms with Crippen molar-refractivity contribution in [3.05, 3.63) is 101 Å². The Morgan fingerprint density at radius 1 is 0.775 bits per heavy atom. The fourth-order valence-electron chi connectivity index (χ4n) is 8.31. The van der Waals surface area contributed by atoms with Crippen LogP contribution in [0.15, 0.2) is 79.0 Å². The summed E-state index contributed by atoms with van der Waals surface area (Å²) >= 11 is 0. The highest BCUT2D eigenvalue weighted by Crippen LogP contribution is 2.71. The van der Waals surface area contributed by atoms with Gasteiger partial charge in [0.2, 0.25) is 0 Å². The van der Waals surface area contributed by atoms with Gasteiger partial charge in [-0.3, -0.25) is 4.98 Å². The summed E-state index contributed by atoms with van der Waals surface area (Å²) < 4.78 is 0. The Bertz CT molecular complexity index is 1510. The van der Waals surface area contributed by atoms with E-state index in [2.05, 4.69) is 92.8 Å². The maximum absolute atomic E-state index is 5.01. The van der Waals surface area contributed by atoms with E-state index in [1.807, 2.05) is 0 Å². The molecule has 2 saturated carbocycles. The summed E-state index contributed by atoms with van der Waals surface area (Å²) in [5.74, 6) is 1.54. The van der Waals surface area contributed by atoms with Crippen LogP contribution < -0.4 is 0 Å². The molecule has 3 unspecified atom stereocenters. The van der Waals surface area contributed by atoms with E-state index < -0.39 is 0 Å². The Balaban J connectivity index is 1.13. The van der Waals surface area contributed by atoms with Crippen LogP contribution in [0.3, 0.4) is 0 Å². The monoisotopic (exact) mass is 525 g/mol. The number of rotatable bonds is 9. The van der Waals surface area contributed by atoms with Crippen molar-refractivity contribution in [1.29, 1.82) is 0 Å². The molecule has 1 heteroatoms. The first-order chi connectivity index (χ1) is 19.7. The van der Waals surface area contributed by atoms with Crippen LogP contribution in [0.4, 0.5) is 0 Å². The first-order valence-electron chi connectivity index (χ1n) is 16.0. The maximum atomic E-state index is 5.01. The summed E-state index contributed by atoms with van der Waals surface area (Å²) in [4.78, 5) is 5.01. The molecule has 0 amide bonds. The van der Waals surface area contributed by atoms with Gasteiger partial charge in [-0.05, 0) is 96.4 Å². The molecular formula is C39H43N. The molecule has 0 aliphatic heterocycles. The van der Waals surface area contributed by atoms with E-state index in [0.717, 1.165) is 11.6 Å². The standard InChI is InChI=1S/C39H43N/c1-3-4-5-6-7-8-12-28-21-27(2)22-31(23-28)30-18-20-38(40-26-30)29-17-19-33-34-14-9-10-15-36(34)39-25-32(39)13-11-16-37(39)35(33)24-29/h9-10,14-15,17-24,26,32,37H,3-8,11-13,16,25H2,1-2H3. The van der Waals surface area contributed by atoms with Crippen LogP contribution in [-0.2, 0) is 11.8 Å². The molecule has 7 rings (SSSR count). The van der Waals surface area contributed by atoms with Crippen LogP contribution in [0.2, 0.25) is 0 Å². The molecule has 0 bridgehead atoms. The zero-order valence-electron chi connectivity index (χ0n) is 24.4. The molecule has 0 radical (unpaired) electrons. The van der Waals surface area contributed by atoms with Crippen molar-refractivity contribution in [2.45, 2.75) is 95.8 Å². The van der Waals surface area contributed by atoms with Gasteiger partial charge in [0.15, 0.2) is 0 Å². The predicted molar refractivity (Wildman–Crippen MR) is 169 cm³/mol. The molecule has 0 saturated heterocycles. The van der Waals surface area contributed by atoms with Gasteiger partial charge < -0.3 is 0 Å². The first-order valence-corrected chi connectivity index (χ1v) is 16.0. The molecule has 40 heavy (non-hydrogen) atoms. The summed E-state index contributed by atoms with van der Waals surface area (Å²) in [6, 6.07) is 28.0. The highest BCUT2D eigenvalue weighted by atomic mass is 14.7. The number of aryl methyl sites for hydroxylation is 2. The van der Waals surface area contributed by atoms with Gasteiger partial charge in [0, 0.05) is 22.7 Å². The molecular weight excluding hydrogens is 482 g/mol. The number of unbranched alkanes of at least 4 members (excludes halogenated alkanes) is 5. The van der Waals surface area contributed by atoms with Gasteiger partial charge in [0.1, 0.15) is 0 Å². The number of aromatic nitrogens is 1. The lowest BCUT2D eigenvalue weighted by Crippen LogP contribution is -2.29. The third kappa shape index (κ3) is 4.52. The average Bonchev–Trinajstić information content (AvgIpc) is 3.74. The quantitative estimate of drug-likeness (QED) is 0.198. The maximum Gasteiger partial charge on any atom is 0.0702 e. The van der Waals surface area contributed by atoms with Crippen LogP contribution in [0, 0.1) is 12.8 Å². The van der Waals surface area contributed by atoms with E-state index in [9.17, 15) is 0 Å². The second-order valence-corrected chi connectivity index (χ2v) is 12.9. The fraction of sp³-hybridized carbons (Fsp3) is 0.410. The Kier molecular flexibility index (Phi) is 6.86. The van der Waals surface area contributed by atoms with Gasteiger partial charge in [-0.15, -0.1) is 0 Å². The molecule has 0 N–H and O–H groups in total. The molecule has 3 aliphatic rings. The zero-order chi connectivity index (χ0) is 27.1. The summed E-state index contributed by atoms with van der Waals surface area (Å²) in [7, 11) is 0. The van der Waals surface area contributed by atoms with Gasteiger partial charge in [-0.2, -0.15) is 0 Å². The summed E-state index contributed by atoms with van der Waals surface area (Å²) in [5.41, 5.74) is 14.2. The van der Waals surface area contributed by atoms with Gasteiger partial charge in [-0.1, -0.05) is 112 Å². The van der Waals surface area contributed by atoms with Gasteiger partial charge >= 0.3 is 0 Å². The molecule has 3 aliphatic carbocycles. The molecule has 1 aromatic heterocycles. The fourth-order valence-corrected chi connectivity index (χ4v) is 8.31. The van der Waals surface area contributed by atoms with Crippen LogP contribution in [-0.4, -0.2) is 4.98 Å². The van der Waals surface area contributed by atoms with Crippen molar-refractivity contribution < 1.29 is 0 Å². The van der Waals surface area contributed by atoms with E-state index in [-0.39, 0.29) is 0 Å². The van der Waals surface area contributed by atoms with Crippen LogP contribution >= 0.6 is 0 Å². The van der Waals surface area contributed by atoms with Crippen molar-refractivity contribution in [2.75, 3.05) is 0 Å². The van der Waals surface area contributed by atoms with E-state index in [4.69, 9.17) is 4.98 Å². The number of benzene rings is 3. The van der Waals surface area contributed by atoms with E-state index in [1.165, 1.54) is 110 Å². The Morgan fingerprint density at radius 3 is 2.50 bits per heavy atom. The second kappa shape index (κ2) is 10.7. The Hall–Kier alpha value is -3.19. The second-order valence-electron chi connectivity index (χ2n) is 12.9. The van der Waals surface area contributed by atoms with Crippen LogP contribution in [0.1, 0.15) is 99.3 Å². The normalized spacial score (nSPS) is 22.1. The predicted octanol–water partition coefficient (Wildman–Crippen LogP) is 10.8. The van der Waals surface area contributed by atoms with Gasteiger partial charge in [0.25, 0.3) is 0 Å². The van der Waals surface area contributed by atoms with E-state index in [0.29, 0.717) is 11.3 Å². The van der Waals surface area contributed by atoms with Crippen molar-refractivity contribution in [3.8, 4) is 33.5 Å². The minimum Gasteiger partial charge on any atom is -0.256 e. The lowest BCUT2D eigenvalue weighted by Gasteiger charge is -2.40. The zero-order valence-corrected chi connectivity index (χ0v) is 24.4. The lowest BCUT2D eigenvalue weighted by molar-refractivity contribution is 0.367. The average molecular weight is 526 g/mol. The van der Waals surface area contributed by atoms with Crippen LogP contribution in [0.5, 0.6) is 0 Å². The van der Waals surface area contributed by atoms with Crippen molar-refractivity contribution in [3.63, 3.8) is 0 Å². The Morgan fingerprint density at radius 2 is 1.62 bits per heavy atom. The third-order valence-electron chi connectivity index (χ3n) is 10.3. The number of hydrogen-bond donors (Lipinski definition) is 0. The minimum absolute atomic E-state index is 0.399. The van der Waals surface area contributed by atoms with Crippen molar-refractivity contribution in [2.24, 2.45) is 5.92 Å². The molecule has 1 nitrogen and oxygen atoms in total. The van der Waals surface area contributed by atoms with E-state index in [1.54, 1.807) is 11.1 Å². The highest BCUT2D eigenvalue weighted by Gasteiger charge is 2.63. The van der Waals surface area contributed by atoms with Gasteiger partial charge in [0.05, 0.1) is 5.69 Å². The summed E-state index contributed by atoms with van der Waals surface area (Å²) in [5, 5.41) is 0. The summed E-state index contributed by atoms with van der Waals surface area (Å²) in [6.45, 7) is 4.51. The number of pyridine rings is 1. The van der Waals surface area contributed by atoms with E-state index >= 15 is 0 Å². The highest BCUT2D eigenvalue weighted by molar-refractivity contribution is 5.81.